The van der Waals surface area contributed by atoms with Gasteiger partial charge in [0.1, 0.15) is 0 Å². The smallest absolute Gasteiger partial charge is 0.263 e. The Hall–Kier alpha value is -1.41. The van der Waals surface area contributed by atoms with Gasteiger partial charge in [0.25, 0.3) is 10.0 Å². The molecule has 0 unspecified atom stereocenters. The molecule has 0 heterocycles. The topological polar surface area (TPSA) is 76.1 Å². The van der Waals surface area contributed by atoms with Crippen molar-refractivity contribution in [3.8, 4) is 0 Å². The molecule has 21 heavy (non-hydrogen) atoms. The van der Waals surface area contributed by atoms with Crippen LogP contribution in [0.1, 0.15) is 5.56 Å². The Morgan fingerprint density at radius 3 is 2.29 bits per heavy atom. The van der Waals surface area contributed by atoms with E-state index in [0.717, 1.165) is 9.87 Å². The largest absolute Gasteiger partial charge is 0.392 e. The lowest BCUT2D eigenvalue weighted by atomic mass is 10.2. The molecule has 0 aromatic heterocycles. The van der Waals surface area contributed by atoms with Crippen LogP contribution in [0.25, 0.3) is 0 Å². The van der Waals surface area contributed by atoms with Gasteiger partial charge in [-0.05, 0) is 25.1 Å². The molecule has 0 spiro atoms. The number of rotatable bonds is 8. The summed E-state index contributed by atoms with van der Waals surface area (Å²) in [6.45, 7) is 1.61. The first kappa shape index (κ1) is 17.6. The summed E-state index contributed by atoms with van der Waals surface area (Å²) in [6, 6.07) is 6.54. The van der Waals surface area contributed by atoms with Crippen molar-refractivity contribution in [2.24, 2.45) is 0 Å². The van der Waals surface area contributed by atoms with Crippen LogP contribution >= 0.6 is 0 Å². The Morgan fingerprint density at radius 2 is 1.81 bits per heavy atom. The van der Waals surface area contributed by atoms with Gasteiger partial charge < -0.3 is 14.6 Å². The highest BCUT2D eigenvalue weighted by Crippen LogP contribution is 2.17. The molecule has 0 aliphatic heterocycles. The van der Waals surface area contributed by atoms with Gasteiger partial charge in [-0.25, -0.2) is 8.42 Å². The Bertz CT molecular complexity index is 549. The quantitative estimate of drug-likeness (QED) is 0.727. The molecule has 0 amide bonds. The molecule has 118 valence electrons. The molecule has 1 rings (SSSR count). The molecule has 0 bridgehead atoms. The minimum Gasteiger partial charge on any atom is -0.392 e. The molecule has 0 radical (unpaired) electrons. The lowest BCUT2D eigenvalue weighted by Gasteiger charge is -2.24. The van der Waals surface area contributed by atoms with Crippen LogP contribution < -0.4 is 0 Å². The normalized spacial score (nSPS) is 12.2. The van der Waals surface area contributed by atoms with Crippen LogP contribution in [-0.2, 0) is 19.5 Å². The molecule has 0 saturated carbocycles. The maximum absolute atomic E-state index is 12.6. The SMILES string of the molecule is COC(CN(/C=C/CO)S(=O)(=O)c1ccc(C)cc1)OC. The first-order valence-corrected chi connectivity index (χ1v) is 7.81. The molecule has 0 aliphatic rings. The minimum absolute atomic E-state index is 0.0142. The van der Waals surface area contributed by atoms with Crippen LogP contribution in [0.2, 0.25) is 0 Å². The van der Waals surface area contributed by atoms with Crippen molar-refractivity contribution in [3.05, 3.63) is 42.1 Å². The van der Waals surface area contributed by atoms with Gasteiger partial charge in [0.15, 0.2) is 6.29 Å². The highest BCUT2D eigenvalue weighted by molar-refractivity contribution is 7.89. The standard InChI is InChI=1S/C14H21NO5S/c1-12-5-7-13(8-6-12)21(17,18)15(9-4-10-16)11-14(19-2)20-3/h4-9,14,16H,10-11H2,1-3H3/b9-4+. The third-order valence-corrected chi connectivity index (χ3v) is 4.62. The van der Waals surface area contributed by atoms with E-state index in [4.69, 9.17) is 14.6 Å². The van der Waals surface area contributed by atoms with Crippen molar-refractivity contribution in [1.82, 2.24) is 4.31 Å². The summed E-state index contributed by atoms with van der Waals surface area (Å²) in [6.07, 6.45) is 1.95. The molecule has 0 atom stereocenters. The zero-order chi connectivity index (χ0) is 15.9. The fourth-order valence-corrected chi connectivity index (χ4v) is 2.96. The zero-order valence-electron chi connectivity index (χ0n) is 12.4. The second-order valence-corrected chi connectivity index (χ2v) is 6.25. The summed E-state index contributed by atoms with van der Waals surface area (Å²) in [5.74, 6) is 0. The summed E-state index contributed by atoms with van der Waals surface area (Å²) >= 11 is 0. The summed E-state index contributed by atoms with van der Waals surface area (Å²) in [4.78, 5) is 0.168. The van der Waals surface area contributed by atoms with Crippen LogP contribution in [0.3, 0.4) is 0 Å². The van der Waals surface area contributed by atoms with Crippen LogP contribution in [0.5, 0.6) is 0 Å². The van der Waals surface area contributed by atoms with E-state index in [1.165, 1.54) is 26.5 Å². The van der Waals surface area contributed by atoms with E-state index in [9.17, 15) is 8.42 Å². The average Bonchev–Trinajstić information content (AvgIpc) is 2.48. The molecule has 1 aromatic rings. The van der Waals surface area contributed by atoms with Gasteiger partial charge in [0.05, 0.1) is 18.0 Å². The fourth-order valence-electron chi connectivity index (χ4n) is 1.64. The van der Waals surface area contributed by atoms with Crippen molar-refractivity contribution in [2.75, 3.05) is 27.4 Å². The number of ether oxygens (including phenoxy) is 2. The van der Waals surface area contributed by atoms with Crippen molar-refractivity contribution in [3.63, 3.8) is 0 Å². The number of benzene rings is 1. The third kappa shape index (κ3) is 4.82. The highest BCUT2D eigenvalue weighted by atomic mass is 32.2. The number of aryl methyl sites for hydroxylation is 1. The molecule has 7 heteroatoms. The molecular weight excluding hydrogens is 294 g/mol. The van der Waals surface area contributed by atoms with E-state index in [2.05, 4.69) is 0 Å². The predicted molar refractivity (Wildman–Crippen MR) is 79.1 cm³/mol. The van der Waals surface area contributed by atoms with Gasteiger partial charge >= 0.3 is 0 Å². The lowest BCUT2D eigenvalue weighted by Crippen LogP contribution is -2.35. The van der Waals surface area contributed by atoms with Crippen molar-refractivity contribution in [1.29, 1.82) is 0 Å². The van der Waals surface area contributed by atoms with Crippen molar-refractivity contribution in [2.45, 2.75) is 18.1 Å². The van der Waals surface area contributed by atoms with Gasteiger partial charge in [0.2, 0.25) is 0 Å². The fraction of sp³-hybridized carbons (Fsp3) is 0.429. The third-order valence-electron chi connectivity index (χ3n) is 2.86. The number of hydrogen-bond acceptors (Lipinski definition) is 5. The number of methoxy groups -OCH3 is 2. The van der Waals surface area contributed by atoms with Crippen LogP contribution in [0, 0.1) is 6.92 Å². The van der Waals surface area contributed by atoms with E-state index in [1.807, 2.05) is 6.92 Å². The monoisotopic (exact) mass is 315 g/mol. The summed E-state index contributed by atoms with van der Waals surface area (Å²) in [7, 11) is -0.868. The van der Waals surface area contributed by atoms with Gasteiger partial charge in [-0.15, -0.1) is 0 Å². The maximum atomic E-state index is 12.6. The van der Waals surface area contributed by atoms with Crippen molar-refractivity contribution < 1.29 is 23.0 Å². The molecule has 1 aromatic carbocycles. The van der Waals surface area contributed by atoms with Crippen molar-refractivity contribution >= 4 is 10.0 Å². The highest BCUT2D eigenvalue weighted by Gasteiger charge is 2.24. The van der Waals surface area contributed by atoms with Gasteiger partial charge in [0, 0.05) is 20.4 Å². The Morgan fingerprint density at radius 1 is 1.24 bits per heavy atom. The Labute approximate surface area is 125 Å². The predicted octanol–water partition coefficient (Wildman–Crippen LogP) is 1.11. The van der Waals surface area contributed by atoms with E-state index < -0.39 is 16.3 Å². The number of aliphatic hydroxyl groups excluding tert-OH is 1. The Kier molecular flexibility index (Phi) is 6.83. The summed E-state index contributed by atoms with van der Waals surface area (Å²) in [5.41, 5.74) is 0.970. The zero-order valence-corrected chi connectivity index (χ0v) is 13.2. The molecule has 0 saturated heterocycles. The first-order chi connectivity index (χ1) is 9.95. The number of nitrogens with zero attached hydrogens (tertiary/aromatic N) is 1. The second kappa shape index (κ2) is 8.14. The summed E-state index contributed by atoms with van der Waals surface area (Å²) in [5, 5.41) is 8.87. The molecule has 0 aliphatic carbocycles. The van der Waals surface area contributed by atoms with Crippen LogP contribution in [-0.4, -0.2) is 51.5 Å². The first-order valence-electron chi connectivity index (χ1n) is 6.37. The summed E-state index contributed by atoms with van der Waals surface area (Å²) < 4.78 is 36.4. The van der Waals surface area contributed by atoms with E-state index in [-0.39, 0.29) is 18.0 Å². The lowest BCUT2D eigenvalue weighted by molar-refractivity contribution is -0.105. The van der Waals surface area contributed by atoms with Gasteiger partial charge in [-0.1, -0.05) is 17.7 Å². The number of aliphatic hydroxyl groups is 1. The van der Waals surface area contributed by atoms with E-state index in [0.29, 0.717) is 0 Å². The minimum atomic E-state index is -3.73. The second-order valence-electron chi connectivity index (χ2n) is 4.36. The number of hydrogen-bond donors (Lipinski definition) is 1. The van der Waals surface area contributed by atoms with Gasteiger partial charge in [-0.3, -0.25) is 4.31 Å². The van der Waals surface area contributed by atoms with Gasteiger partial charge in [-0.2, -0.15) is 0 Å². The van der Waals surface area contributed by atoms with Crippen LogP contribution in [0.4, 0.5) is 0 Å². The molecular formula is C14H21NO5S. The molecule has 0 fully saturated rings. The molecule has 6 nitrogen and oxygen atoms in total. The average molecular weight is 315 g/mol. The van der Waals surface area contributed by atoms with E-state index in [1.54, 1.807) is 24.3 Å². The Balaban J connectivity index is 3.10. The molecule has 1 N–H and O–H groups in total. The van der Waals surface area contributed by atoms with E-state index >= 15 is 0 Å². The van der Waals surface area contributed by atoms with Crippen LogP contribution in [0.15, 0.2) is 41.4 Å². The maximum Gasteiger partial charge on any atom is 0.263 e. The number of sulfonamides is 1.